The van der Waals surface area contributed by atoms with Crippen LogP contribution in [0.5, 0.6) is 0 Å². The summed E-state index contributed by atoms with van der Waals surface area (Å²) in [6.45, 7) is 5.43. The quantitative estimate of drug-likeness (QED) is 0.631. The lowest BCUT2D eigenvalue weighted by Crippen LogP contribution is -2.46. The van der Waals surface area contributed by atoms with Gasteiger partial charge in [-0.3, -0.25) is 9.28 Å². The van der Waals surface area contributed by atoms with Crippen molar-refractivity contribution < 1.29 is 9.90 Å². The van der Waals surface area contributed by atoms with Crippen molar-refractivity contribution in [1.29, 1.82) is 0 Å². The largest absolute Gasteiger partial charge is 0.392 e. The molecule has 1 fully saturated rings. The van der Waals surface area contributed by atoms with Gasteiger partial charge in [-0.2, -0.15) is 4.98 Å². The van der Waals surface area contributed by atoms with Gasteiger partial charge in [-0.15, -0.1) is 11.8 Å². The lowest BCUT2D eigenvalue weighted by atomic mass is 10.1. The first-order valence-corrected chi connectivity index (χ1v) is 11.0. The van der Waals surface area contributed by atoms with Gasteiger partial charge in [-0.05, 0) is 20.3 Å². The molecule has 0 bridgehead atoms. The van der Waals surface area contributed by atoms with Crippen LogP contribution in [0.15, 0.2) is 23.6 Å². The number of anilines is 1. The molecule has 4 heterocycles. The van der Waals surface area contributed by atoms with Crippen LogP contribution in [0.1, 0.15) is 25.8 Å². The molecule has 9 heteroatoms. The molecule has 0 saturated carbocycles. The zero-order valence-corrected chi connectivity index (χ0v) is 18.2. The fourth-order valence-electron chi connectivity index (χ4n) is 4.28. The third-order valence-corrected chi connectivity index (χ3v) is 6.72. The normalized spacial score (nSPS) is 26.6. The van der Waals surface area contributed by atoms with Crippen molar-refractivity contribution in [3.8, 4) is 0 Å². The standard InChI is InChI=1S/C20H28N6O2S/c1-12-10-26(3,4)19-17(12)18(22-11-23-19)25-5-6-29-16(9-25)20(28)24-13(2)15-7-14(27)8-21-15/h9-11,13-15,21,27H,5-8H2,1-4H3/p+1/t13?,14-,15-/m1/s1. The van der Waals surface area contributed by atoms with Crippen molar-refractivity contribution in [1.82, 2.24) is 25.1 Å². The van der Waals surface area contributed by atoms with Crippen molar-refractivity contribution in [3.05, 3.63) is 29.2 Å². The Morgan fingerprint density at radius 2 is 2.24 bits per heavy atom. The Morgan fingerprint density at radius 3 is 2.97 bits per heavy atom. The first kappa shape index (κ1) is 20.3. The molecule has 3 atom stereocenters. The molecule has 0 aliphatic carbocycles. The van der Waals surface area contributed by atoms with Gasteiger partial charge in [0.05, 0.1) is 25.1 Å². The van der Waals surface area contributed by atoms with Gasteiger partial charge in [-0.1, -0.05) is 0 Å². The highest BCUT2D eigenvalue weighted by Gasteiger charge is 2.36. The molecular formula is C20H29N6O2S+. The number of allylic oxidation sites excluding steroid dienone is 1. The molecule has 1 unspecified atom stereocenters. The second-order valence-electron chi connectivity index (χ2n) is 8.45. The molecule has 156 valence electrons. The van der Waals surface area contributed by atoms with E-state index in [9.17, 15) is 9.90 Å². The van der Waals surface area contributed by atoms with Crippen LogP contribution in [0, 0.1) is 0 Å². The van der Waals surface area contributed by atoms with Crippen molar-refractivity contribution in [2.24, 2.45) is 0 Å². The van der Waals surface area contributed by atoms with Gasteiger partial charge in [0.15, 0.2) is 0 Å². The summed E-state index contributed by atoms with van der Waals surface area (Å²) in [5.41, 5.74) is 2.20. The van der Waals surface area contributed by atoms with Gasteiger partial charge in [0, 0.05) is 42.7 Å². The topological polar surface area (TPSA) is 90.4 Å². The van der Waals surface area contributed by atoms with E-state index in [-0.39, 0.29) is 24.1 Å². The number of amides is 1. The first-order chi connectivity index (χ1) is 13.8. The summed E-state index contributed by atoms with van der Waals surface area (Å²) < 4.78 is 0.591. The maximum Gasteiger partial charge on any atom is 0.259 e. The molecule has 29 heavy (non-hydrogen) atoms. The number of rotatable bonds is 4. The molecule has 1 aromatic heterocycles. The van der Waals surface area contributed by atoms with E-state index in [1.807, 2.05) is 13.1 Å². The van der Waals surface area contributed by atoms with Crippen molar-refractivity contribution in [2.45, 2.75) is 38.5 Å². The highest BCUT2D eigenvalue weighted by atomic mass is 32.2. The summed E-state index contributed by atoms with van der Waals surface area (Å²) in [7, 11) is 4.20. The predicted molar refractivity (Wildman–Crippen MR) is 117 cm³/mol. The number of β-amino-alcohol motifs (C(OH)–C–C–N with tert-alkyl or cyclic N) is 1. The monoisotopic (exact) mass is 417 g/mol. The number of thioether (sulfide) groups is 1. The van der Waals surface area contributed by atoms with Crippen LogP contribution in [-0.4, -0.2) is 72.1 Å². The number of nitrogens with zero attached hydrogens (tertiary/aromatic N) is 4. The smallest absolute Gasteiger partial charge is 0.259 e. The number of aliphatic hydroxyl groups excluding tert-OH is 1. The number of hydrogen-bond acceptors (Lipinski definition) is 7. The summed E-state index contributed by atoms with van der Waals surface area (Å²) in [5.74, 6) is 2.56. The second kappa shape index (κ2) is 7.71. The molecule has 3 aliphatic rings. The minimum absolute atomic E-state index is 0.0527. The Balaban J connectivity index is 1.54. The Hall–Kier alpha value is -1.94. The minimum Gasteiger partial charge on any atom is -0.392 e. The summed E-state index contributed by atoms with van der Waals surface area (Å²) >= 11 is 1.56. The van der Waals surface area contributed by atoms with E-state index in [1.54, 1.807) is 18.1 Å². The number of carbonyl (C=O) groups is 1. The summed E-state index contributed by atoms with van der Waals surface area (Å²) in [6.07, 6.45) is 6.00. The Morgan fingerprint density at radius 1 is 1.45 bits per heavy atom. The molecule has 1 amide bonds. The Bertz CT molecular complexity index is 884. The van der Waals surface area contributed by atoms with Gasteiger partial charge in [0.1, 0.15) is 23.9 Å². The van der Waals surface area contributed by atoms with Gasteiger partial charge in [-0.25, -0.2) is 4.98 Å². The zero-order valence-electron chi connectivity index (χ0n) is 17.3. The lowest BCUT2D eigenvalue weighted by Gasteiger charge is -2.28. The number of hydrogen-bond donors (Lipinski definition) is 3. The Kier molecular flexibility index (Phi) is 5.41. The summed E-state index contributed by atoms with van der Waals surface area (Å²) in [6, 6.07) is 0.0419. The van der Waals surface area contributed by atoms with Crippen molar-refractivity contribution in [3.63, 3.8) is 0 Å². The summed E-state index contributed by atoms with van der Waals surface area (Å²) in [4.78, 5) is 24.7. The van der Waals surface area contributed by atoms with E-state index in [0.717, 1.165) is 35.1 Å². The average Bonchev–Trinajstić information content (AvgIpc) is 3.22. The molecule has 1 saturated heterocycles. The van der Waals surface area contributed by atoms with Crippen LogP contribution in [-0.2, 0) is 4.79 Å². The van der Waals surface area contributed by atoms with E-state index < -0.39 is 0 Å². The number of aliphatic hydroxyl groups is 1. The number of carbonyl (C=O) groups excluding carboxylic acids is 1. The molecule has 0 aromatic carbocycles. The molecular weight excluding hydrogens is 388 g/mol. The van der Waals surface area contributed by atoms with Crippen LogP contribution >= 0.6 is 11.8 Å². The highest BCUT2D eigenvalue weighted by molar-refractivity contribution is 8.04. The van der Waals surface area contributed by atoms with Crippen LogP contribution in [0.2, 0.25) is 0 Å². The van der Waals surface area contributed by atoms with E-state index >= 15 is 0 Å². The van der Waals surface area contributed by atoms with Crippen LogP contribution in [0.25, 0.3) is 5.57 Å². The Labute approximate surface area is 175 Å². The van der Waals surface area contributed by atoms with E-state index in [4.69, 9.17) is 0 Å². The molecule has 0 spiro atoms. The molecule has 8 nitrogen and oxygen atoms in total. The van der Waals surface area contributed by atoms with Crippen molar-refractivity contribution in [2.75, 3.05) is 37.8 Å². The van der Waals surface area contributed by atoms with Gasteiger partial charge in [0.25, 0.3) is 5.91 Å². The van der Waals surface area contributed by atoms with Crippen LogP contribution in [0.3, 0.4) is 0 Å². The summed E-state index contributed by atoms with van der Waals surface area (Å²) in [5, 5.41) is 16.1. The third-order valence-electron chi connectivity index (χ3n) is 5.73. The van der Waals surface area contributed by atoms with Gasteiger partial charge >= 0.3 is 0 Å². The van der Waals surface area contributed by atoms with Crippen molar-refractivity contribution >= 4 is 34.9 Å². The van der Waals surface area contributed by atoms with Crippen LogP contribution < -0.4 is 20.0 Å². The van der Waals surface area contributed by atoms with E-state index in [1.165, 1.54) is 0 Å². The molecule has 0 radical (unpaired) electrons. The first-order valence-electron chi connectivity index (χ1n) is 9.99. The van der Waals surface area contributed by atoms with E-state index in [2.05, 4.69) is 52.7 Å². The molecule has 1 aromatic rings. The number of quaternary nitrogens is 1. The van der Waals surface area contributed by atoms with Gasteiger partial charge < -0.3 is 20.6 Å². The number of nitrogens with one attached hydrogen (secondary N) is 2. The maximum absolute atomic E-state index is 12.9. The maximum atomic E-state index is 12.9. The molecule has 3 N–H and O–H groups in total. The predicted octanol–water partition coefficient (Wildman–Crippen LogP) is 1.04. The third kappa shape index (κ3) is 3.92. The van der Waals surface area contributed by atoms with E-state index in [0.29, 0.717) is 22.4 Å². The lowest BCUT2D eigenvalue weighted by molar-refractivity contribution is -0.117. The second-order valence-corrected chi connectivity index (χ2v) is 9.59. The minimum atomic E-state index is -0.336. The van der Waals surface area contributed by atoms with Gasteiger partial charge in [0.2, 0.25) is 5.82 Å². The zero-order chi connectivity index (χ0) is 20.8. The van der Waals surface area contributed by atoms with Crippen LogP contribution in [0.4, 0.5) is 11.6 Å². The molecule has 3 aliphatic heterocycles. The number of fused-ring (bicyclic) bond motifs is 1. The molecule has 4 rings (SSSR count). The average molecular weight is 418 g/mol. The SMILES string of the molecule is CC1=C[N+](C)(C)c2ncnc(N3C=C(C(=O)NC(C)[C@H]4C[C@@H](O)CN4)SCC3)c21. The fraction of sp³-hybridized carbons (Fsp3) is 0.550. The fourth-order valence-corrected chi connectivity index (χ4v) is 5.18. The highest BCUT2D eigenvalue weighted by Crippen LogP contribution is 2.41. The number of aromatic nitrogens is 2.